The first kappa shape index (κ1) is 20.6. The van der Waals surface area contributed by atoms with Crippen LogP contribution in [-0.2, 0) is 22.6 Å². The Balaban J connectivity index is 2.24. The number of aromatic nitrogens is 3. The predicted molar refractivity (Wildman–Crippen MR) is 107 cm³/mol. The van der Waals surface area contributed by atoms with Crippen molar-refractivity contribution in [3.05, 3.63) is 34.4 Å². The maximum Gasteiger partial charge on any atom is 0.325 e. The van der Waals surface area contributed by atoms with Crippen molar-refractivity contribution < 1.29 is 23.8 Å². The molecule has 0 aliphatic carbocycles. The first-order valence-corrected chi connectivity index (χ1v) is 9.69. The van der Waals surface area contributed by atoms with E-state index in [1.165, 1.54) is 25.6 Å². The highest BCUT2D eigenvalue weighted by atomic mass is 32.1. The van der Waals surface area contributed by atoms with Gasteiger partial charge in [0.2, 0.25) is 0 Å². The number of hydrogen-bond donors (Lipinski definition) is 0. The maximum absolute atomic E-state index is 12.8. The fraction of sp³-hybridized carbons (Fsp3) is 0.368. The molecular formula is C19H22N4O5S. The monoisotopic (exact) mass is 418 g/mol. The summed E-state index contributed by atoms with van der Waals surface area (Å²) in [5, 5.41) is 4.28. The van der Waals surface area contributed by atoms with Gasteiger partial charge in [0, 0.05) is 12.2 Å². The molecule has 0 spiro atoms. The molecule has 9 nitrogen and oxygen atoms in total. The highest BCUT2D eigenvalue weighted by Crippen LogP contribution is 2.35. The Morgan fingerprint density at radius 3 is 2.45 bits per heavy atom. The number of aryl methyl sites for hydroxylation is 2. The molecule has 0 aliphatic heterocycles. The van der Waals surface area contributed by atoms with Gasteiger partial charge in [0.05, 0.1) is 21.3 Å². The molecule has 10 heteroatoms. The van der Waals surface area contributed by atoms with Gasteiger partial charge in [-0.15, -0.1) is 0 Å². The third-order valence-electron chi connectivity index (χ3n) is 4.40. The second-order valence-corrected chi connectivity index (χ2v) is 7.08. The van der Waals surface area contributed by atoms with E-state index in [1.807, 2.05) is 13.8 Å². The van der Waals surface area contributed by atoms with Crippen LogP contribution in [0.15, 0.2) is 23.2 Å². The Hall–Kier alpha value is -3.14. The van der Waals surface area contributed by atoms with Gasteiger partial charge in [-0.2, -0.15) is 10.1 Å². The van der Waals surface area contributed by atoms with Crippen LogP contribution < -0.4 is 14.3 Å². The molecular weight excluding hydrogens is 396 g/mol. The van der Waals surface area contributed by atoms with Crippen molar-refractivity contribution in [2.45, 2.75) is 26.9 Å². The Morgan fingerprint density at radius 1 is 1.17 bits per heavy atom. The molecule has 0 saturated heterocycles. The van der Waals surface area contributed by atoms with Crippen molar-refractivity contribution in [2.75, 3.05) is 21.3 Å². The minimum absolute atomic E-state index is 0.130. The summed E-state index contributed by atoms with van der Waals surface area (Å²) in [6.07, 6.45) is 0. The number of nitrogens with zero attached hydrogens (tertiary/aromatic N) is 4. The number of hydrogen-bond acceptors (Lipinski definition) is 7. The molecule has 0 atom stereocenters. The third kappa shape index (κ3) is 3.88. The average Bonchev–Trinajstić information content (AvgIpc) is 3.27. The lowest BCUT2D eigenvalue weighted by atomic mass is 10.3. The highest BCUT2D eigenvalue weighted by Gasteiger charge is 2.19. The summed E-state index contributed by atoms with van der Waals surface area (Å²) in [7, 11) is 4.38. The quantitative estimate of drug-likeness (QED) is 0.569. The molecule has 0 radical (unpaired) electrons. The van der Waals surface area contributed by atoms with Gasteiger partial charge in [-0.25, -0.2) is 0 Å². The molecule has 0 N–H and O–H groups in total. The summed E-state index contributed by atoms with van der Waals surface area (Å²) in [6.45, 7) is 4.34. The van der Waals surface area contributed by atoms with Gasteiger partial charge >= 0.3 is 5.97 Å². The summed E-state index contributed by atoms with van der Waals surface area (Å²) in [5.41, 5.74) is 1.71. The molecule has 29 heavy (non-hydrogen) atoms. The zero-order chi connectivity index (χ0) is 21.1. The van der Waals surface area contributed by atoms with E-state index in [0.29, 0.717) is 33.1 Å². The zero-order valence-electron chi connectivity index (χ0n) is 16.9. The number of amides is 1. The van der Waals surface area contributed by atoms with Crippen molar-refractivity contribution >= 4 is 33.4 Å². The zero-order valence-corrected chi connectivity index (χ0v) is 17.7. The number of benzene rings is 1. The molecule has 2 heterocycles. The number of fused-ring (bicyclic) bond motifs is 1. The van der Waals surface area contributed by atoms with E-state index >= 15 is 0 Å². The lowest BCUT2D eigenvalue weighted by Gasteiger charge is -2.09. The minimum atomic E-state index is -0.497. The van der Waals surface area contributed by atoms with E-state index in [1.54, 1.807) is 34.6 Å². The number of thiazole rings is 1. The average molecular weight is 418 g/mol. The maximum atomic E-state index is 12.8. The molecule has 154 valence electrons. The van der Waals surface area contributed by atoms with Crippen LogP contribution in [0.4, 0.5) is 0 Å². The van der Waals surface area contributed by atoms with Gasteiger partial charge in [-0.05, 0) is 32.0 Å². The Kier molecular flexibility index (Phi) is 6.02. The van der Waals surface area contributed by atoms with Crippen LogP contribution >= 0.6 is 11.3 Å². The molecule has 0 aliphatic rings. The van der Waals surface area contributed by atoms with Gasteiger partial charge in [-0.1, -0.05) is 11.3 Å². The number of rotatable bonds is 6. The second-order valence-electron chi connectivity index (χ2n) is 6.10. The topological polar surface area (TPSA) is 96.9 Å². The molecule has 0 fully saturated rings. The molecule has 3 aromatic rings. The van der Waals surface area contributed by atoms with E-state index in [4.69, 9.17) is 14.2 Å². The Labute approximate surface area is 171 Å². The summed E-state index contributed by atoms with van der Waals surface area (Å²) in [4.78, 5) is 29.3. The Morgan fingerprint density at radius 2 is 1.86 bits per heavy atom. The SMILES string of the molecule is CCn1nc(C(=O)N=c2sc3c(OC)ccc(OC)c3n2CC(=O)OC)cc1C. The van der Waals surface area contributed by atoms with E-state index in [0.717, 1.165) is 5.69 Å². The first-order valence-electron chi connectivity index (χ1n) is 8.88. The fourth-order valence-electron chi connectivity index (χ4n) is 2.96. The molecule has 3 rings (SSSR count). The van der Waals surface area contributed by atoms with E-state index in [2.05, 4.69) is 10.1 Å². The first-order chi connectivity index (χ1) is 13.9. The molecule has 0 bridgehead atoms. The fourth-order valence-corrected chi connectivity index (χ4v) is 4.10. The van der Waals surface area contributed by atoms with Gasteiger partial charge in [0.1, 0.15) is 28.3 Å². The number of carbonyl (C=O) groups is 2. The number of ether oxygens (including phenoxy) is 3. The standard InChI is InChI=1S/C19H22N4O5S/c1-6-23-11(2)9-12(21-23)18(25)20-19-22(10-15(24)28-5)16-13(26-3)7-8-14(27-4)17(16)29-19/h7-9H,6,10H2,1-5H3. The van der Waals surface area contributed by atoms with Crippen molar-refractivity contribution in [2.24, 2.45) is 4.99 Å². The van der Waals surface area contributed by atoms with Crippen LogP contribution in [0, 0.1) is 6.92 Å². The van der Waals surface area contributed by atoms with Crippen LogP contribution in [0.25, 0.3) is 10.2 Å². The largest absolute Gasteiger partial charge is 0.495 e. The number of methoxy groups -OCH3 is 3. The van der Waals surface area contributed by atoms with Gasteiger partial charge in [0.25, 0.3) is 5.91 Å². The third-order valence-corrected chi connectivity index (χ3v) is 5.50. The summed E-state index contributed by atoms with van der Waals surface area (Å²) in [6, 6.07) is 5.19. The van der Waals surface area contributed by atoms with Gasteiger partial charge < -0.3 is 18.8 Å². The molecule has 1 amide bonds. The number of carbonyl (C=O) groups excluding carboxylic acids is 2. The predicted octanol–water partition coefficient (Wildman–Crippen LogP) is 2.16. The van der Waals surface area contributed by atoms with E-state index in [9.17, 15) is 9.59 Å². The lowest BCUT2D eigenvalue weighted by Crippen LogP contribution is -2.22. The second kappa shape index (κ2) is 8.48. The lowest BCUT2D eigenvalue weighted by molar-refractivity contribution is -0.141. The van der Waals surface area contributed by atoms with Crippen LogP contribution in [-0.4, -0.2) is 47.6 Å². The summed E-state index contributed by atoms with van der Waals surface area (Å²) >= 11 is 1.22. The Bertz CT molecular complexity index is 1140. The normalized spacial score (nSPS) is 11.7. The highest BCUT2D eigenvalue weighted by molar-refractivity contribution is 7.16. The minimum Gasteiger partial charge on any atom is -0.495 e. The van der Waals surface area contributed by atoms with E-state index in [-0.39, 0.29) is 12.2 Å². The van der Waals surface area contributed by atoms with Crippen molar-refractivity contribution in [3.8, 4) is 11.5 Å². The summed E-state index contributed by atoms with van der Waals surface area (Å²) < 4.78 is 19.7. The number of esters is 1. The van der Waals surface area contributed by atoms with Crippen molar-refractivity contribution in [1.29, 1.82) is 0 Å². The summed E-state index contributed by atoms with van der Waals surface area (Å²) in [5.74, 6) is 0.142. The van der Waals surface area contributed by atoms with Gasteiger partial charge in [0.15, 0.2) is 10.5 Å². The molecule has 2 aromatic heterocycles. The van der Waals surface area contributed by atoms with Crippen LogP contribution in [0.1, 0.15) is 23.1 Å². The van der Waals surface area contributed by atoms with Crippen molar-refractivity contribution in [3.63, 3.8) is 0 Å². The van der Waals surface area contributed by atoms with E-state index < -0.39 is 11.9 Å². The van der Waals surface area contributed by atoms with Crippen LogP contribution in [0.3, 0.4) is 0 Å². The smallest absolute Gasteiger partial charge is 0.325 e. The van der Waals surface area contributed by atoms with Crippen LogP contribution in [0.2, 0.25) is 0 Å². The molecule has 0 unspecified atom stereocenters. The van der Waals surface area contributed by atoms with Crippen LogP contribution in [0.5, 0.6) is 11.5 Å². The van der Waals surface area contributed by atoms with Gasteiger partial charge in [-0.3, -0.25) is 14.3 Å². The molecule has 0 saturated carbocycles. The molecule has 1 aromatic carbocycles. The van der Waals surface area contributed by atoms with Crippen molar-refractivity contribution in [1.82, 2.24) is 14.3 Å².